The Bertz CT molecular complexity index is 2760. The van der Waals surface area contributed by atoms with E-state index in [0.29, 0.717) is 18.4 Å². The zero-order valence-electron chi connectivity index (χ0n) is 56.5. The molecule has 0 aromatic heterocycles. The van der Waals surface area contributed by atoms with Gasteiger partial charge >= 0.3 is 6.18 Å². The fraction of sp³-hybridized carbons (Fsp3) is 0.738. The Kier molecular flexibility index (Phi) is 28.6. The molecule has 0 spiro atoms. The van der Waals surface area contributed by atoms with Crippen LogP contribution in [-0.2, 0) is 65.3 Å². The SMILES string of the molecule is CC[C@H](C)[C@@H]1NC(=O)[C@H](CC(C)C)N(C)C(=O)C[C@@H](C)NC(=O)[C@H](C(C)C)N(C)C(=O)[C@](C)(CC(C)C)NC(=O)[C@@H]2CCCN2C(=O)[C@H](CCc2ccc(C(F)(F)F)c(Cl)c2)NC(=O)CN(C)C(=O)[C@H](CC2CCCCC2)N(C)C(=O)CN(C)C(=O)CN(C)C1=O. The van der Waals surface area contributed by atoms with E-state index in [9.17, 15) is 56.3 Å². The van der Waals surface area contributed by atoms with Gasteiger partial charge in [-0.05, 0) is 106 Å². The number of rotatable bonds is 12. The molecule has 1 saturated carbocycles. The number of nitrogens with zero attached hydrogens (tertiary/aromatic N) is 7. The van der Waals surface area contributed by atoms with Crippen molar-refractivity contribution in [3.63, 3.8) is 0 Å². The number of aryl methyl sites for hydroxylation is 1. The highest BCUT2D eigenvalue weighted by atomic mass is 35.5. The van der Waals surface area contributed by atoms with Gasteiger partial charge in [0.1, 0.15) is 41.8 Å². The van der Waals surface area contributed by atoms with Gasteiger partial charge in [-0.3, -0.25) is 52.7 Å². The highest BCUT2D eigenvalue weighted by molar-refractivity contribution is 6.31. The highest BCUT2D eigenvalue weighted by Gasteiger charge is 2.46. The Morgan fingerprint density at radius 2 is 1.26 bits per heavy atom. The van der Waals surface area contributed by atoms with Gasteiger partial charge in [0.05, 0.1) is 30.2 Å². The molecule has 91 heavy (non-hydrogen) atoms. The number of fused-ring (bicyclic) bond motifs is 1. The minimum atomic E-state index is -4.75. The van der Waals surface area contributed by atoms with Gasteiger partial charge in [0.15, 0.2) is 0 Å². The molecule has 0 radical (unpaired) electrons. The van der Waals surface area contributed by atoms with Gasteiger partial charge in [-0.15, -0.1) is 0 Å². The minimum Gasteiger partial charge on any atom is -0.351 e. The molecule has 2 aliphatic heterocycles. The predicted molar refractivity (Wildman–Crippen MR) is 339 cm³/mol. The van der Waals surface area contributed by atoms with Gasteiger partial charge in [0.2, 0.25) is 65.0 Å². The van der Waals surface area contributed by atoms with Crippen molar-refractivity contribution < 1.29 is 65.9 Å². The van der Waals surface area contributed by atoms with Crippen molar-refractivity contribution in [3.05, 3.63) is 34.3 Å². The Morgan fingerprint density at radius 1 is 0.659 bits per heavy atom. The van der Waals surface area contributed by atoms with Crippen LogP contribution in [0.3, 0.4) is 0 Å². The van der Waals surface area contributed by atoms with E-state index in [1.165, 1.54) is 74.9 Å². The van der Waals surface area contributed by atoms with Crippen LogP contribution in [0.4, 0.5) is 13.2 Å². The number of benzene rings is 1. The zero-order chi connectivity index (χ0) is 68.7. The van der Waals surface area contributed by atoms with Crippen molar-refractivity contribution in [3.8, 4) is 0 Å². The van der Waals surface area contributed by atoms with Crippen molar-refractivity contribution in [2.75, 3.05) is 68.5 Å². The van der Waals surface area contributed by atoms with Crippen LogP contribution < -0.4 is 21.3 Å². The Morgan fingerprint density at radius 3 is 1.84 bits per heavy atom. The molecule has 0 unspecified atom stereocenters. The number of alkyl halides is 3. The summed E-state index contributed by atoms with van der Waals surface area (Å²) in [5.74, 6) is -8.27. The lowest BCUT2D eigenvalue weighted by Gasteiger charge is -2.40. The predicted octanol–water partition coefficient (Wildman–Crippen LogP) is 5.66. The summed E-state index contributed by atoms with van der Waals surface area (Å²) in [5.41, 5.74) is -2.43. The molecule has 0 bridgehead atoms. The van der Waals surface area contributed by atoms with Crippen molar-refractivity contribution in [1.82, 2.24) is 55.6 Å². The van der Waals surface area contributed by atoms with Crippen LogP contribution in [0.25, 0.3) is 0 Å². The minimum absolute atomic E-state index is 0.0289. The van der Waals surface area contributed by atoms with Gasteiger partial charge in [0, 0.05) is 61.3 Å². The van der Waals surface area contributed by atoms with E-state index < -0.39 is 161 Å². The first kappa shape index (κ1) is 76.9. The van der Waals surface area contributed by atoms with E-state index in [4.69, 9.17) is 11.6 Å². The third kappa shape index (κ3) is 21.2. The molecule has 512 valence electrons. The van der Waals surface area contributed by atoms with E-state index >= 15 is 9.59 Å². The van der Waals surface area contributed by atoms with E-state index in [-0.39, 0.29) is 69.2 Å². The summed E-state index contributed by atoms with van der Waals surface area (Å²) >= 11 is 6.11. The van der Waals surface area contributed by atoms with Gasteiger partial charge in [-0.1, -0.05) is 112 Å². The number of hydrogen-bond acceptors (Lipinski definition) is 11. The van der Waals surface area contributed by atoms with Crippen LogP contribution in [0.15, 0.2) is 18.2 Å². The van der Waals surface area contributed by atoms with Crippen LogP contribution in [0, 0.1) is 29.6 Å². The fourth-order valence-electron chi connectivity index (χ4n) is 12.8. The van der Waals surface area contributed by atoms with Crippen LogP contribution in [0.1, 0.15) is 164 Å². The van der Waals surface area contributed by atoms with Gasteiger partial charge < -0.3 is 55.6 Å². The van der Waals surface area contributed by atoms with E-state index in [1.54, 1.807) is 27.7 Å². The number of nitrogens with one attached hydrogen (secondary N) is 4. The van der Waals surface area contributed by atoms with Gasteiger partial charge in [0.25, 0.3) is 0 Å². The van der Waals surface area contributed by atoms with Crippen LogP contribution in [0.2, 0.25) is 5.02 Å². The number of likely N-dealkylation sites (N-methyl/N-ethyl adjacent to an activating group) is 6. The van der Waals surface area contributed by atoms with Crippen molar-refractivity contribution >= 4 is 76.6 Å². The van der Waals surface area contributed by atoms with Crippen molar-refractivity contribution in [1.29, 1.82) is 0 Å². The van der Waals surface area contributed by atoms with Crippen LogP contribution >= 0.6 is 11.6 Å². The van der Waals surface area contributed by atoms with Crippen LogP contribution in [0.5, 0.6) is 0 Å². The zero-order valence-corrected chi connectivity index (χ0v) is 57.3. The highest BCUT2D eigenvalue weighted by Crippen LogP contribution is 2.36. The third-order valence-electron chi connectivity index (χ3n) is 18.1. The second kappa shape index (κ2) is 33.9. The quantitative estimate of drug-likeness (QED) is 0.199. The maximum atomic E-state index is 15.0. The number of carbonyl (C=O) groups excluding carboxylic acids is 11. The van der Waals surface area contributed by atoms with E-state index in [1.807, 2.05) is 34.6 Å². The van der Waals surface area contributed by atoms with Gasteiger partial charge in [-0.25, -0.2) is 0 Å². The molecule has 4 rings (SSSR count). The van der Waals surface area contributed by atoms with Crippen molar-refractivity contribution in [2.45, 2.75) is 213 Å². The molecule has 22 nitrogen and oxygen atoms in total. The first-order chi connectivity index (χ1) is 42.3. The van der Waals surface area contributed by atoms with E-state index in [0.717, 1.165) is 58.9 Å². The molecule has 3 fully saturated rings. The first-order valence-electron chi connectivity index (χ1n) is 32.2. The molecule has 2 saturated heterocycles. The second-order valence-corrected chi connectivity index (χ2v) is 27.6. The molecule has 26 heteroatoms. The Hall–Kier alpha value is -6.53. The second-order valence-electron chi connectivity index (χ2n) is 27.2. The average molecular weight is 1310 g/mol. The van der Waals surface area contributed by atoms with E-state index in [2.05, 4.69) is 21.3 Å². The maximum Gasteiger partial charge on any atom is 0.417 e. The van der Waals surface area contributed by atoms with Gasteiger partial charge in [-0.2, -0.15) is 13.2 Å². The average Bonchev–Trinajstić information content (AvgIpc) is 2.41. The molecule has 1 aromatic rings. The molecule has 2 heterocycles. The summed E-state index contributed by atoms with van der Waals surface area (Å²) in [5, 5.41) is 10.9. The smallest absolute Gasteiger partial charge is 0.351 e. The number of amides is 11. The Labute approximate surface area is 541 Å². The summed E-state index contributed by atoms with van der Waals surface area (Å²) in [4.78, 5) is 168. The maximum absolute atomic E-state index is 15.0. The number of halogens is 4. The monoisotopic (exact) mass is 1310 g/mol. The van der Waals surface area contributed by atoms with Crippen LogP contribution in [-0.4, -0.2) is 216 Å². The lowest BCUT2D eigenvalue weighted by Crippen LogP contribution is -2.64. The molecule has 1 aromatic carbocycles. The molecule has 1 aliphatic carbocycles. The summed E-state index contributed by atoms with van der Waals surface area (Å²) in [6.07, 6.45) is 0.507. The molecule has 9 atom stereocenters. The molecule has 3 aliphatic rings. The number of hydrogen-bond donors (Lipinski definition) is 4. The first-order valence-corrected chi connectivity index (χ1v) is 32.6. The molecular weight excluding hydrogens is 1200 g/mol. The third-order valence-corrected chi connectivity index (χ3v) is 18.4. The standard InChI is InChI=1S/C65H103ClF3N11O11/c1-17-41(8)55-62(90)76(13)36-53(83)74(11)37-54(84)78(15)50(33-43-22-19-18-20-23-43)61(89)75(12)35-51(81)71-47(28-26-44-25-27-45(46(66)32-44)65(67,68)69)60(88)80-29-21-24-48(80)58(86)73-64(10,34-39(4)5)63(91)79(16)56(40(6)7)59(87)70-42(9)31-52(82)77(14)49(30-38(2)3)57(85)72-55/h25,27,32,38-43,47-50,55-56H,17-24,26,28-31,33-37H2,1-16H3,(H,70,87)(H,71,81)(H,72,85)(H,73,86)/t41-,42+,47-,48-,49-,50-,55-,56-,64-/m0/s1. The normalized spacial score (nSPS) is 26.6. The summed E-state index contributed by atoms with van der Waals surface area (Å²) in [6.45, 7) is 16.1. The molecule has 11 amide bonds. The number of carbonyl (C=O) groups is 11. The fourth-order valence-corrected chi connectivity index (χ4v) is 13.1. The lowest BCUT2D eigenvalue weighted by atomic mass is 9.84. The summed E-state index contributed by atoms with van der Waals surface area (Å²) < 4.78 is 41.3. The molecule has 4 N–H and O–H groups in total. The summed E-state index contributed by atoms with van der Waals surface area (Å²) in [6, 6.07) is -4.73. The Balaban J connectivity index is 1.82. The topological polar surface area (TPSA) is 259 Å². The lowest BCUT2D eigenvalue weighted by molar-refractivity contribution is -0.149. The summed E-state index contributed by atoms with van der Waals surface area (Å²) in [7, 11) is 8.50. The van der Waals surface area contributed by atoms with Crippen molar-refractivity contribution in [2.24, 2.45) is 29.6 Å². The molecular formula is C65H103ClF3N11O11. The largest absolute Gasteiger partial charge is 0.417 e.